The molecule has 0 unspecified atom stereocenters. The molecular formula is C27H32FNO3. The van der Waals surface area contributed by atoms with Gasteiger partial charge in [0.25, 0.3) is 0 Å². The van der Waals surface area contributed by atoms with Crippen molar-refractivity contribution in [2.45, 2.75) is 51.0 Å². The predicted molar refractivity (Wildman–Crippen MR) is 125 cm³/mol. The van der Waals surface area contributed by atoms with Crippen molar-refractivity contribution in [2.75, 3.05) is 26.2 Å². The molecule has 0 radical (unpaired) electrons. The number of rotatable bonds is 5. The van der Waals surface area contributed by atoms with E-state index in [4.69, 9.17) is 9.47 Å². The molecule has 0 saturated carbocycles. The number of hydrogen-bond donors (Lipinski definition) is 0. The second-order valence-electron chi connectivity index (χ2n) is 9.89. The van der Waals surface area contributed by atoms with E-state index in [1.54, 1.807) is 12.1 Å². The molecule has 0 aromatic heterocycles. The molecule has 0 aliphatic carbocycles. The standard InChI is InChI=1S/C27H32FNO3/c1-26(2,3)32-25(30)12-15-29-16-13-27(14-17-29)19-31-24-18-21(8-11-23(24)27)5-4-20-6-9-22(28)10-7-20/h4-11,18H,12-17,19H2,1-3H3/b5-4+. The summed E-state index contributed by atoms with van der Waals surface area (Å²) in [7, 11) is 0. The van der Waals surface area contributed by atoms with Crippen LogP contribution >= 0.6 is 0 Å². The van der Waals surface area contributed by atoms with Crippen LogP contribution in [0.4, 0.5) is 4.39 Å². The Hall–Kier alpha value is -2.66. The highest BCUT2D eigenvalue weighted by molar-refractivity contribution is 5.71. The molecule has 5 heteroatoms. The first-order chi connectivity index (χ1) is 15.2. The Kier molecular flexibility index (Phi) is 6.38. The van der Waals surface area contributed by atoms with E-state index >= 15 is 0 Å². The molecule has 0 N–H and O–H groups in total. The summed E-state index contributed by atoms with van der Waals surface area (Å²) in [5.74, 6) is 0.608. The molecule has 2 aliphatic rings. The highest BCUT2D eigenvalue weighted by Gasteiger charge is 2.43. The highest BCUT2D eigenvalue weighted by atomic mass is 19.1. The number of piperidine rings is 1. The van der Waals surface area contributed by atoms with E-state index in [0.717, 1.165) is 49.4 Å². The molecule has 0 atom stereocenters. The van der Waals surface area contributed by atoms with Gasteiger partial charge in [0, 0.05) is 17.5 Å². The van der Waals surface area contributed by atoms with Crippen molar-refractivity contribution in [3.63, 3.8) is 0 Å². The van der Waals surface area contributed by atoms with Crippen molar-refractivity contribution >= 4 is 18.1 Å². The first-order valence-corrected chi connectivity index (χ1v) is 11.4. The maximum absolute atomic E-state index is 13.1. The minimum Gasteiger partial charge on any atom is -0.492 e. The zero-order valence-corrected chi connectivity index (χ0v) is 19.2. The third kappa shape index (κ3) is 5.39. The molecule has 4 nitrogen and oxygen atoms in total. The van der Waals surface area contributed by atoms with Gasteiger partial charge >= 0.3 is 5.97 Å². The lowest BCUT2D eigenvalue weighted by molar-refractivity contribution is -0.155. The van der Waals surface area contributed by atoms with E-state index in [1.165, 1.54) is 17.7 Å². The number of ether oxygens (including phenoxy) is 2. The highest BCUT2D eigenvalue weighted by Crippen LogP contribution is 2.46. The molecule has 32 heavy (non-hydrogen) atoms. The first-order valence-electron chi connectivity index (χ1n) is 11.4. The van der Waals surface area contributed by atoms with Gasteiger partial charge in [-0.25, -0.2) is 4.39 Å². The Balaban J connectivity index is 1.34. The molecule has 0 amide bonds. The van der Waals surface area contributed by atoms with Crippen molar-refractivity contribution in [1.82, 2.24) is 4.90 Å². The largest absolute Gasteiger partial charge is 0.492 e. The molecule has 170 valence electrons. The van der Waals surface area contributed by atoms with Gasteiger partial charge in [-0.05, 0) is 76.0 Å². The van der Waals surface area contributed by atoms with Crippen LogP contribution in [0.5, 0.6) is 5.75 Å². The predicted octanol–water partition coefficient (Wildman–Crippen LogP) is 5.45. The summed E-state index contributed by atoms with van der Waals surface area (Å²) in [6, 6.07) is 12.9. The fourth-order valence-corrected chi connectivity index (χ4v) is 4.52. The number of halogens is 1. The van der Waals surface area contributed by atoms with Crippen LogP contribution in [0.3, 0.4) is 0 Å². The van der Waals surface area contributed by atoms with Gasteiger partial charge in [0.1, 0.15) is 17.2 Å². The summed E-state index contributed by atoms with van der Waals surface area (Å²) >= 11 is 0. The molecule has 2 aliphatic heterocycles. The molecule has 0 bridgehead atoms. The maximum atomic E-state index is 13.1. The van der Waals surface area contributed by atoms with E-state index < -0.39 is 5.60 Å². The summed E-state index contributed by atoms with van der Waals surface area (Å²) in [5, 5.41) is 0. The van der Waals surface area contributed by atoms with Crippen molar-refractivity contribution in [2.24, 2.45) is 0 Å². The second kappa shape index (κ2) is 9.07. The van der Waals surface area contributed by atoms with Crippen LogP contribution in [-0.2, 0) is 14.9 Å². The summed E-state index contributed by atoms with van der Waals surface area (Å²) in [4.78, 5) is 14.4. The normalized spacial score (nSPS) is 18.0. The number of esters is 1. The Morgan fingerprint density at radius 1 is 1.09 bits per heavy atom. The fourth-order valence-electron chi connectivity index (χ4n) is 4.52. The van der Waals surface area contributed by atoms with Crippen LogP contribution in [-0.4, -0.2) is 42.7 Å². The van der Waals surface area contributed by atoms with Crippen molar-refractivity contribution < 1.29 is 18.7 Å². The van der Waals surface area contributed by atoms with E-state index in [-0.39, 0.29) is 17.2 Å². The Labute approximate surface area is 190 Å². The van der Waals surface area contributed by atoms with E-state index in [0.29, 0.717) is 13.0 Å². The summed E-state index contributed by atoms with van der Waals surface area (Å²) in [5.41, 5.74) is 2.96. The van der Waals surface area contributed by atoms with Crippen LogP contribution in [0.15, 0.2) is 42.5 Å². The zero-order valence-electron chi connectivity index (χ0n) is 19.2. The smallest absolute Gasteiger partial charge is 0.307 e. The van der Waals surface area contributed by atoms with E-state index in [1.807, 2.05) is 32.9 Å². The minimum absolute atomic E-state index is 0.0664. The number of hydrogen-bond acceptors (Lipinski definition) is 4. The van der Waals surface area contributed by atoms with E-state index in [9.17, 15) is 9.18 Å². The van der Waals surface area contributed by atoms with Crippen molar-refractivity contribution in [1.29, 1.82) is 0 Å². The Morgan fingerprint density at radius 3 is 2.44 bits per heavy atom. The molecule has 2 aromatic rings. The molecule has 2 aromatic carbocycles. The molecule has 1 saturated heterocycles. The van der Waals surface area contributed by atoms with Crippen LogP contribution in [0, 0.1) is 5.82 Å². The maximum Gasteiger partial charge on any atom is 0.307 e. The fraction of sp³-hybridized carbons (Fsp3) is 0.444. The van der Waals surface area contributed by atoms with Crippen LogP contribution in [0.2, 0.25) is 0 Å². The molecule has 4 rings (SSSR count). The zero-order chi connectivity index (χ0) is 22.8. The Morgan fingerprint density at radius 2 is 1.75 bits per heavy atom. The number of carbonyl (C=O) groups excluding carboxylic acids is 1. The quantitative estimate of drug-likeness (QED) is 0.460. The number of benzene rings is 2. The summed E-state index contributed by atoms with van der Waals surface area (Å²) in [6.07, 6.45) is 6.50. The topological polar surface area (TPSA) is 38.8 Å². The second-order valence-corrected chi connectivity index (χ2v) is 9.89. The lowest BCUT2D eigenvalue weighted by atomic mass is 9.74. The number of nitrogens with zero attached hydrogens (tertiary/aromatic N) is 1. The molecule has 2 heterocycles. The van der Waals surface area contributed by atoms with Crippen molar-refractivity contribution in [3.05, 3.63) is 65.0 Å². The molecule has 1 spiro atoms. The summed E-state index contributed by atoms with van der Waals surface area (Å²) < 4.78 is 24.6. The Bertz CT molecular complexity index is 983. The van der Waals surface area contributed by atoms with Gasteiger partial charge < -0.3 is 14.4 Å². The van der Waals surface area contributed by atoms with Gasteiger partial charge in [-0.2, -0.15) is 0 Å². The minimum atomic E-state index is -0.430. The third-order valence-corrected chi connectivity index (χ3v) is 6.28. The van der Waals surface area contributed by atoms with Gasteiger partial charge in [0.05, 0.1) is 13.0 Å². The lowest BCUT2D eigenvalue weighted by Crippen LogP contribution is -2.44. The number of likely N-dealkylation sites (tertiary alicyclic amines) is 1. The molecular weight excluding hydrogens is 405 g/mol. The lowest BCUT2D eigenvalue weighted by Gasteiger charge is -2.38. The van der Waals surface area contributed by atoms with Crippen LogP contribution < -0.4 is 4.74 Å². The monoisotopic (exact) mass is 437 g/mol. The van der Waals surface area contributed by atoms with Crippen LogP contribution in [0.25, 0.3) is 12.2 Å². The average molecular weight is 438 g/mol. The van der Waals surface area contributed by atoms with Crippen molar-refractivity contribution in [3.8, 4) is 5.75 Å². The van der Waals surface area contributed by atoms with Gasteiger partial charge in [-0.15, -0.1) is 0 Å². The van der Waals surface area contributed by atoms with Gasteiger partial charge in [0.15, 0.2) is 0 Å². The number of carbonyl (C=O) groups is 1. The van der Waals surface area contributed by atoms with E-state index in [2.05, 4.69) is 23.1 Å². The van der Waals surface area contributed by atoms with Gasteiger partial charge in [-0.3, -0.25) is 4.79 Å². The third-order valence-electron chi connectivity index (χ3n) is 6.28. The van der Waals surface area contributed by atoms with Gasteiger partial charge in [-0.1, -0.05) is 36.4 Å². The number of fused-ring (bicyclic) bond motifs is 2. The summed E-state index contributed by atoms with van der Waals surface area (Å²) in [6.45, 7) is 9.07. The molecule has 1 fully saturated rings. The van der Waals surface area contributed by atoms with Crippen LogP contribution in [0.1, 0.15) is 56.7 Å². The SMILES string of the molecule is CC(C)(C)OC(=O)CCN1CCC2(CC1)COc1cc(/C=C/c3ccc(F)cc3)ccc12. The average Bonchev–Trinajstić information content (AvgIpc) is 3.09. The van der Waals surface area contributed by atoms with Gasteiger partial charge in [0.2, 0.25) is 0 Å². The first kappa shape index (κ1) is 22.5.